The van der Waals surface area contributed by atoms with E-state index in [-0.39, 0.29) is 5.76 Å². The number of nitrogens with one attached hydrogen (secondary N) is 1. The molecule has 0 atom stereocenters. The summed E-state index contributed by atoms with van der Waals surface area (Å²) in [7, 11) is 1.61. The molecule has 0 fully saturated rings. The van der Waals surface area contributed by atoms with Crippen LogP contribution in [0.3, 0.4) is 0 Å². The summed E-state index contributed by atoms with van der Waals surface area (Å²) in [5, 5.41) is 16.3. The van der Waals surface area contributed by atoms with E-state index in [2.05, 4.69) is 5.32 Å². The molecule has 3 rings (SSSR count). The molecule has 7 heteroatoms. The zero-order chi connectivity index (χ0) is 19.4. The Kier molecular flexibility index (Phi) is 6.11. The molecule has 0 saturated carbocycles. The molecule has 138 valence electrons. The highest BCUT2D eigenvalue weighted by Gasteiger charge is 2.20. The van der Waals surface area contributed by atoms with Gasteiger partial charge in [-0.2, -0.15) is 4.57 Å². The average Bonchev–Trinajstić information content (AvgIpc) is 3.09. The lowest BCUT2D eigenvalue weighted by Crippen LogP contribution is -2.40. The van der Waals surface area contributed by atoms with Gasteiger partial charge in [-0.25, -0.2) is 0 Å². The zero-order valence-corrected chi connectivity index (χ0v) is 17.1. The lowest BCUT2D eigenvalue weighted by molar-refractivity contribution is -0.578. The molecule has 0 spiro atoms. The Morgan fingerprint density at radius 1 is 1.19 bits per heavy atom. The Labute approximate surface area is 172 Å². The Hall–Kier alpha value is -2.41. The molecule has 1 aromatic carbocycles. The molecule has 4 nitrogen and oxygen atoms in total. The molecule has 3 aromatic rings. The molecule has 2 aromatic heterocycles. The van der Waals surface area contributed by atoms with E-state index in [1.54, 1.807) is 30.0 Å². The van der Waals surface area contributed by atoms with Crippen LogP contribution in [0.5, 0.6) is 5.75 Å². The Morgan fingerprint density at radius 2 is 1.93 bits per heavy atom. The molecular weight excluding hydrogens is 400 g/mol. The molecular formula is C20H17ClN2O2S2. The number of ether oxygens (including phenoxy) is 1. The predicted octanol–water partition coefficient (Wildman–Crippen LogP) is 4.13. The van der Waals surface area contributed by atoms with Crippen LogP contribution in [0.4, 0.5) is 5.69 Å². The second-order valence-corrected chi connectivity index (χ2v) is 7.88. The summed E-state index contributed by atoms with van der Waals surface area (Å²) in [5.74, 6) is 0.557. The van der Waals surface area contributed by atoms with Gasteiger partial charge in [0.25, 0.3) is 0 Å². The Bertz CT molecular complexity index is 997. The van der Waals surface area contributed by atoms with Crippen LogP contribution in [-0.4, -0.2) is 12.1 Å². The zero-order valence-electron chi connectivity index (χ0n) is 14.7. The minimum absolute atomic E-state index is 0.187. The lowest BCUT2D eigenvalue weighted by atomic mass is 10.2. The summed E-state index contributed by atoms with van der Waals surface area (Å²) in [6.45, 7) is 1.96. The minimum Gasteiger partial charge on any atom is -0.867 e. The smallest absolute Gasteiger partial charge is 0.239 e. The third kappa shape index (κ3) is 4.66. The van der Waals surface area contributed by atoms with E-state index in [4.69, 9.17) is 28.6 Å². The fourth-order valence-electron chi connectivity index (χ4n) is 2.49. The maximum atomic E-state index is 13.1. The quantitative estimate of drug-likeness (QED) is 0.294. The number of aromatic nitrogens is 1. The first-order valence-electron chi connectivity index (χ1n) is 8.08. The van der Waals surface area contributed by atoms with Gasteiger partial charge in [0.15, 0.2) is 17.4 Å². The van der Waals surface area contributed by atoms with Crippen molar-refractivity contribution in [2.45, 2.75) is 6.92 Å². The second-order valence-electron chi connectivity index (χ2n) is 5.75. The number of thiocarbonyl (C=S) groups is 1. The summed E-state index contributed by atoms with van der Waals surface area (Å²) in [5.41, 5.74) is 2.14. The molecule has 27 heavy (non-hydrogen) atoms. The van der Waals surface area contributed by atoms with Crippen molar-refractivity contribution in [3.05, 3.63) is 75.7 Å². The van der Waals surface area contributed by atoms with Crippen LogP contribution in [0, 0.1) is 6.92 Å². The van der Waals surface area contributed by atoms with Crippen molar-refractivity contribution < 1.29 is 14.4 Å². The number of aryl methyl sites for hydroxylation is 1. The second kappa shape index (κ2) is 8.52. The first-order chi connectivity index (χ1) is 13.0. The number of rotatable bonds is 5. The monoisotopic (exact) mass is 416 g/mol. The molecule has 0 aliphatic rings. The van der Waals surface area contributed by atoms with Gasteiger partial charge >= 0.3 is 0 Å². The van der Waals surface area contributed by atoms with E-state index < -0.39 is 0 Å². The molecule has 2 heterocycles. The predicted molar refractivity (Wildman–Crippen MR) is 113 cm³/mol. The van der Waals surface area contributed by atoms with Crippen molar-refractivity contribution in [2.24, 2.45) is 0 Å². The highest BCUT2D eigenvalue weighted by atomic mass is 35.5. The first-order valence-corrected chi connectivity index (χ1v) is 9.69. The summed E-state index contributed by atoms with van der Waals surface area (Å²) in [6, 6.07) is 14.6. The van der Waals surface area contributed by atoms with E-state index in [0.29, 0.717) is 19.9 Å². The van der Waals surface area contributed by atoms with Crippen LogP contribution >= 0.6 is 35.2 Å². The van der Waals surface area contributed by atoms with Gasteiger partial charge in [-0.3, -0.25) is 0 Å². The number of methoxy groups -OCH3 is 1. The van der Waals surface area contributed by atoms with Crippen molar-refractivity contribution in [3.63, 3.8) is 0 Å². The van der Waals surface area contributed by atoms with Gasteiger partial charge in [0.2, 0.25) is 5.70 Å². The van der Waals surface area contributed by atoms with Crippen molar-refractivity contribution in [1.29, 1.82) is 0 Å². The number of hydrogen-bond donors (Lipinski definition) is 1. The van der Waals surface area contributed by atoms with Crippen LogP contribution in [0.2, 0.25) is 4.34 Å². The number of halogens is 1. The Balaban J connectivity index is 2.02. The number of nitrogens with zero attached hydrogens (tertiary/aromatic N) is 1. The standard InChI is InChI=1S/C20H17ClN2O2S2/c1-13-4-3-11-23(12-13)18(19(24)16-9-10-17(21)27-16)20(26)22-14-5-7-15(25-2)8-6-14/h3-12H,1-2H3,(H-,22,24,26). The van der Waals surface area contributed by atoms with Crippen molar-refractivity contribution >= 4 is 57.3 Å². The van der Waals surface area contributed by atoms with Gasteiger partial charge in [-0.05, 0) is 55.1 Å². The summed E-state index contributed by atoms with van der Waals surface area (Å²) in [4.78, 5) is 0.855. The highest BCUT2D eigenvalue weighted by Crippen LogP contribution is 2.27. The van der Waals surface area contributed by atoms with Crippen molar-refractivity contribution in [1.82, 2.24) is 0 Å². The third-order valence-corrected chi connectivity index (χ3v) is 5.31. The molecule has 1 N–H and O–H groups in total. The summed E-state index contributed by atoms with van der Waals surface area (Å²) < 4.78 is 7.46. The van der Waals surface area contributed by atoms with Crippen LogP contribution in [-0.2, 0) is 0 Å². The number of thiophene rings is 1. The number of benzene rings is 1. The number of hydrogen-bond acceptors (Lipinski definition) is 4. The van der Waals surface area contributed by atoms with Crippen LogP contribution in [0.25, 0.3) is 11.5 Å². The molecule has 0 bridgehead atoms. The topological polar surface area (TPSA) is 48.2 Å². The number of pyridine rings is 1. The molecule has 0 unspecified atom stereocenters. The third-order valence-electron chi connectivity index (χ3n) is 3.78. The summed E-state index contributed by atoms with van der Waals surface area (Å²) in [6.07, 6.45) is 3.67. The van der Waals surface area contributed by atoms with Gasteiger partial charge in [0.1, 0.15) is 5.75 Å². The van der Waals surface area contributed by atoms with E-state index >= 15 is 0 Å². The van der Waals surface area contributed by atoms with E-state index in [1.165, 1.54) is 11.3 Å². The van der Waals surface area contributed by atoms with E-state index in [0.717, 1.165) is 17.0 Å². The fraction of sp³-hybridized carbons (Fsp3) is 0.100. The maximum absolute atomic E-state index is 13.1. The normalized spacial score (nSPS) is 11.7. The largest absolute Gasteiger partial charge is 0.867 e. The molecule has 0 aliphatic heterocycles. The van der Waals surface area contributed by atoms with Crippen LogP contribution in [0.1, 0.15) is 10.4 Å². The average molecular weight is 417 g/mol. The van der Waals surface area contributed by atoms with Gasteiger partial charge in [0, 0.05) is 22.2 Å². The molecule has 0 saturated heterocycles. The Morgan fingerprint density at radius 3 is 2.52 bits per heavy atom. The maximum Gasteiger partial charge on any atom is 0.239 e. The van der Waals surface area contributed by atoms with Gasteiger partial charge in [0.05, 0.1) is 11.4 Å². The molecule has 0 radical (unpaired) electrons. The fourth-order valence-corrected chi connectivity index (χ4v) is 3.79. The SMILES string of the molecule is COc1ccc(NC(=S)C(=C([O-])c2ccc(Cl)s2)[n+]2cccc(C)c2)cc1. The van der Waals surface area contributed by atoms with Gasteiger partial charge < -0.3 is 15.2 Å². The minimum atomic E-state index is -0.187. The molecule has 0 aliphatic carbocycles. The van der Waals surface area contributed by atoms with E-state index in [1.807, 2.05) is 49.5 Å². The molecule has 0 amide bonds. The van der Waals surface area contributed by atoms with Crippen LogP contribution < -0.4 is 19.7 Å². The highest BCUT2D eigenvalue weighted by molar-refractivity contribution is 7.81. The summed E-state index contributed by atoms with van der Waals surface area (Å²) >= 11 is 12.8. The number of anilines is 1. The van der Waals surface area contributed by atoms with Crippen molar-refractivity contribution in [3.8, 4) is 5.75 Å². The van der Waals surface area contributed by atoms with E-state index in [9.17, 15) is 5.11 Å². The lowest BCUT2D eigenvalue weighted by Gasteiger charge is -2.15. The van der Waals surface area contributed by atoms with Crippen molar-refractivity contribution in [2.75, 3.05) is 12.4 Å². The first kappa shape index (κ1) is 19.4. The van der Waals surface area contributed by atoms with Gasteiger partial charge in [-0.15, -0.1) is 11.3 Å². The van der Waals surface area contributed by atoms with Crippen LogP contribution in [0.15, 0.2) is 60.9 Å². The van der Waals surface area contributed by atoms with Gasteiger partial charge in [-0.1, -0.05) is 23.8 Å².